The Morgan fingerprint density at radius 2 is 1.74 bits per heavy atom. The van der Waals surface area contributed by atoms with E-state index >= 15 is 0 Å². The molecule has 5 nitrogen and oxygen atoms in total. The second-order valence-electron chi connectivity index (χ2n) is 6.07. The Kier molecular flexibility index (Phi) is 7.44. The number of halogens is 2. The Labute approximate surface area is 157 Å². The Bertz CT molecular complexity index is 884. The molecule has 0 aromatic heterocycles. The van der Waals surface area contributed by atoms with Crippen molar-refractivity contribution in [2.75, 3.05) is 11.9 Å². The molecule has 0 saturated heterocycles. The van der Waals surface area contributed by atoms with Gasteiger partial charge in [-0.2, -0.15) is 0 Å². The second-order valence-corrected chi connectivity index (χ2v) is 7.84. The van der Waals surface area contributed by atoms with Gasteiger partial charge in [-0.05, 0) is 48.7 Å². The lowest BCUT2D eigenvalue weighted by Crippen LogP contribution is -2.28. The highest BCUT2D eigenvalue weighted by molar-refractivity contribution is 7.89. The number of benzene rings is 2. The number of amides is 1. The van der Waals surface area contributed by atoms with Gasteiger partial charge in [-0.1, -0.05) is 25.5 Å². The fraction of sp³-hybridized carbons (Fsp3) is 0.316. The van der Waals surface area contributed by atoms with Gasteiger partial charge in [-0.25, -0.2) is 21.9 Å². The van der Waals surface area contributed by atoms with Crippen LogP contribution < -0.4 is 10.0 Å². The van der Waals surface area contributed by atoms with Crippen molar-refractivity contribution in [2.24, 2.45) is 0 Å². The van der Waals surface area contributed by atoms with Gasteiger partial charge in [0.2, 0.25) is 15.9 Å². The van der Waals surface area contributed by atoms with Crippen molar-refractivity contribution >= 4 is 21.6 Å². The molecule has 1 amide bonds. The van der Waals surface area contributed by atoms with Crippen LogP contribution in [0.25, 0.3) is 0 Å². The standard InChI is InChI=1S/C19H22F2N2O3S/c1-2-3-4-14-5-7-15(8-6-14)23-19(24)11-12-22-27(25,26)16-9-10-17(20)18(21)13-16/h5-10,13,22H,2-4,11-12H2,1H3,(H,23,24). The quantitative estimate of drug-likeness (QED) is 0.680. The van der Waals surface area contributed by atoms with Crippen LogP contribution in [0.15, 0.2) is 47.4 Å². The predicted molar refractivity (Wildman–Crippen MR) is 99.8 cm³/mol. The van der Waals surface area contributed by atoms with Gasteiger partial charge in [0.15, 0.2) is 11.6 Å². The third-order valence-electron chi connectivity index (χ3n) is 3.90. The topological polar surface area (TPSA) is 75.3 Å². The van der Waals surface area contributed by atoms with Crippen LogP contribution in [-0.2, 0) is 21.2 Å². The van der Waals surface area contributed by atoms with Gasteiger partial charge in [0.25, 0.3) is 0 Å². The molecule has 0 unspecified atom stereocenters. The molecule has 0 aliphatic carbocycles. The first-order valence-electron chi connectivity index (χ1n) is 8.65. The maximum atomic E-state index is 13.2. The van der Waals surface area contributed by atoms with Crippen molar-refractivity contribution in [1.82, 2.24) is 4.72 Å². The van der Waals surface area contributed by atoms with Crippen molar-refractivity contribution in [1.29, 1.82) is 0 Å². The molecule has 2 aromatic carbocycles. The van der Waals surface area contributed by atoms with Gasteiger partial charge in [-0.15, -0.1) is 0 Å². The molecule has 2 aromatic rings. The number of anilines is 1. The third kappa shape index (κ3) is 6.41. The van der Waals surface area contributed by atoms with E-state index in [0.29, 0.717) is 11.8 Å². The van der Waals surface area contributed by atoms with E-state index in [1.807, 2.05) is 12.1 Å². The Morgan fingerprint density at radius 1 is 1.04 bits per heavy atom. The average Bonchev–Trinajstić information content (AvgIpc) is 2.63. The number of sulfonamides is 1. The summed E-state index contributed by atoms with van der Waals surface area (Å²) in [5, 5.41) is 2.68. The number of carbonyl (C=O) groups is 1. The highest BCUT2D eigenvalue weighted by Gasteiger charge is 2.16. The van der Waals surface area contributed by atoms with Gasteiger partial charge in [0.1, 0.15) is 0 Å². The first-order chi connectivity index (χ1) is 12.8. The first kappa shape index (κ1) is 21.0. The molecule has 0 saturated carbocycles. The number of rotatable bonds is 9. The summed E-state index contributed by atoms with van der Waals surface area (Å²) >= 11 is 0. The van der Waals surface area contributed by atoms with E-state index in [1.54, 1.807) is 12.1 Å². The minimum absolute atomic E-state index is 0.0967. The molecule has 0 radical (unpaired) electrons. The Balaban J connectivity index is 1.83. The first-order valence-corrected chi connectivity index (χ1v) is 10.1. The fourth-order valence-corrected chi connectivity index (χ4v) is 3.43. The number of hydrogen-bond acceptors (Lipinski definition) is 3. The van der Waals surface area contributed by atoms with E-state index < -0.39 is 26.6 Å². The molecule has 0 aliphatic heterocycles. The molecule has 0 heterocycles. The van der Waals surface area contributed by atoms with Crippen LogP contribution in [0, 0.1) is 11.6 Å². The van der Waals surface area contributed by atoms with Crippen LogP contribution in [-0.4, -0.2) is 20.9 Å². The van der Waals surface area contributed by atoms with Crippen molar-refractivity contribution in [3.63, 3.8) is 0 Å². The van der Waals surface area contributed by atoms with Gasteiger partial charge in [0, 0.05) is 18.7 Å². The summed E-state index contributed by atoms with van der Waals surface area (Å²) in [6.07, 6.45) is 3.10. The van der Waals surface area contributed by atoms with Gasteiger partial charge >= 0.3 is 0 Å². The Morgan fingerprint density at radius 3 is 2.37 bits per heavy atom. The molecular formula is C19H22F2N2O3S. The lowest BCUT2D eigenvalue weighted by Gasteiger charge is -2.08. The van der Waals surface area contributed by atoms with Crippen LogP contribution in [0.1, 0.15) is 31.7 Å². The van der Waals surface area contributed by atoms with Gasteiger partial charge in [-0.3, -0.25) is 4.79 Å². The van der Waals surface area contributed by atoms with Crippen LogP contribution in [0.5, 0.6) is 0 Å². The van der Waals surface area contributed by atoms with Crippen molar-refractivity contribution < 1.29 is 22.0 Å². The van der Waals surface area contributed by atoms with Crippen LogP contribution in [0.2, 0.25) is 0 Å². The zero-order valence-electron chi connectivity index (χ0n) is 15.0. The van der Waals surface area contributed by atoms with Crippen molar-refractivity contribution in [2.45, 2.75) is 37.5 Å². The third-order valence-corrected chi connectivity index (χ3v) is 5.36. The molecule has 0 atom stereocenters. The molecule has 2 rings (SSSR count). The van der Waals surface area contributed by atoms with Crippen molar-refractivity contribution in [3.8, 4) is 0 Å². The summed E-state index contributed by atoms with van der Waals surface area (Å²) in [4.78, 5) is 11.5. The summed E-state index contributed by atoms with van der Waals surface area (Å²) in [6.45, 7) is 1.96. The normalized spacial score (nSPS) is 11.4. The van der Waals surface area contributed by atoms with Crippen molar-refractivity contribution in [3.05, 3.63) is 59.7 Å². The number of hydrogen-bond donors (Lipinski definition) is 2. The highest BCUT2D eigenvalue weighted by Crippen LogP contribution is 2.14. The summed E-state index contributed by atoms with van der Waals surface area (Å²) in [6, 6.07) is 9.77. The van der Waals surface area contributed by atoms with Crippen LogP contribution in [0.3, 0.4) is 0 Å². The lowest BCUT2D eigenvalue weighted by molar-refractivity contribution is -0.116. The molecule has 0 fully saturated rings. The number of carbonyl (C=O) groups excluding carboxylic acids is 1. The molecule has 146 valence electrons. The Hall–Kier alpha value is -2.32. The van der Waals surface area contributed by atoms with E-state index in [0.717, 1.165) is 31.4 Å². The van der Waals surface area contributed by atoms with Crippen LogP contribution >= 0.6 is 0 Å². The number of nitrogens with one attached hydrogen (secondary N) is 2. The minimum Gasteiger partial charge on any atom is -0.326 e. The monoisotopic (exact) mass is 396 g/mol. The largest absolute Gasteiger partial charge is 0.326 e. The number of aryl methyl sites for hydroxylation is 1. The summed E-state index contributed by atoms with van der Waals surface area (Å²) in [5.74, 6) is -2.74. The van der Waals surface area contributed by atoms with Gasteiger partial charge < -0.3 is 5.32 Å². The minimum atomic E-state index is -4.02. The maximum absolute atomic E-state index is 13.2. The summed E-state index contributed by atoms with van der Waals surface area (Å²) in [5.41, 5.74) is 1.82. The zero-order valence-corrected chi connectivity index (χ0v) is 15.8. The predicted octanol–water partition coefficient (Wildman–Crippen LogP) is 3.61. The van der Waals surface area contributed by atoms with E-state index in [9.17, 15) is 22.0 Å². The molecular weight excluding hydrogens is 374 g/mol. The highest BCUT2D eigenvalue weighted by atomic mass is 32.2. The lowest BCUT2D eigenvalue weighted by atomic mass is 10.1. The van der Waals surface area contributed by atoms with Crippen LogP contribution in [0.4, 0.5) is 14.5 Å². The maximum Gasteiger partial charge on any atom is 0.240 e. The van der Waals surface area contributed by atoms with Gasteiger partial charge in [0.05, 0.1) is 4.90 Å². The molecule has 0 bridgehead atoms. The number of unbranched alkanes of at least 4 members (excludes halogenated alkanes) is 1. The van der Waals surface area contributed by atoms with E-state index in [-0.39, 0.29) is 18.9 Å². The van der Waals surface area contributed by atoms with E-state index in [4.69, 9.17) is 0 Å². The summed E-state index contributed by atoms with van der Waals surface area (Å²) in [7, 11) is -4.02. The SMILES string of the molecule is CCCCc1ccc(NC(=O)CCNS(=O)(=O)c2ccc(F)c(F)c2)cc1. The molecule has 27 heavy (non-hydrogen) atoms. The smallest absolute Gasteiger partial charge is 0.240 e. The van der Waals surface area contributed by atoms with E-state index in [2.05, 4.69) is 17.0 Å². The zero-order chi connectivity index (χ0) is 19.9. The second kappa shape index (κ2) is 9.57. The fourth-order valence-electron chi connectivity index (χ4n) is 2.39. The molecule has 0 spiro atoms. The molecule has 2 N–H and O–H groups in total. The van der Waals surface area contributed by atoms with E-state index in [1.165, 1.54) is 5.56 Å². The average molecular weight is 396 g/mol. The molecule has 0 aliphatic rings. The summed E-state index contributed by atoms with van der Waals surface area (Å²) < 4.78 is 52.3. The molecule has 8 heteroatoms.